The van der Waals surface area contributed by atoms with E-state index in [-0.39, 0.29) is 5.91 Å². The van der Waals surface area contributed by atoms with Crippen molar-refractivity contribution in [1.29, 1.82) is 0 Å². The van der Waals surface area contributed by atoms with E-state index in [0.717, 1.165) is 0 Å². The highest BCUT2D eigenvalue weighted by Crippen LogP contribution is 2.22. The van der Waals surface area contributed by atoms with Crippen LogP contribution in [-0.2, 0) is 4.74 Å². The number of nitrogen functional groups attached to an aromatic ring is 1. The number of para-hydroxylation sites is 1. The number of carbonyl (C=O) groups excluding carboxylic acids is 1. The summed E-state index contributed by atoms with van der Waals surface area (Å²) in [4.78, 5) is 13.8. The Hall–Kier alpha value is -1.59. The largest absolute Gasteiger partial charge is 0.398 e. The number of amides is 1. The van der Waals surface area contributed by atoms with Gasteiger partial charge in [0.15, 0.2) is 0 Å². The fraction of sp³-hybridized carbons (Fsp3) is 0.500. The molecule has 0 unspecified atom stereocenters. The molecule has 1 aromatic rings. The molecule has 0 bridgehead atoms. The summed E-state index contributed by atoms with van der Waals surface area (Å²) in [6.45, 7) is 1.36. The highest BCUT2D eigenvalue weighted by atomic mass is 16.5. The topological polar surface area (TPSA) is 75.8 Å². The van der Waals surface area contributed by atoms with E-state index in [9.17, 15) is 9.90 Å². The summed E-state index contributed by atoms with van der Waals surface area (Å²) in [7, 11) is 1.68. The van der Waals surface area contributed by atoms with Gasteiger partial charge in [-0.05, 0) is 12.1 Å². The van der Waals surface area contributed by atoms with Crippen LogP contribution in [0.4, 0.5) is 5.69 Å². The summed E-state index contributed by atoms with van der Waals surface area (Å²) in [5.41, 5.74) is 5.87. The molecular weight excluding hydrogens is 244 g/mol. The van der Waals surface area contributed by atoms with Crippen molar-refractivity contribution >= 4 is 11.6 Å². The van der Waals surface area contributed by atoms with Crippen LogP contribution >= 0.6 is 0 Å². The molecule has 0 aromatic heterocycles. The molecule has 0 radical (unpaired) electrons. The van der Waals surface area contributed by atoms with Crippen molar-refractivity contribution in [2.45, 2.75) is 18.4 Å². The molecule has 2 rings (SSSR count). The number of aliphatic hydroxyl groups is 1. The fourth-order valence-corrected chi connectivity index (χ4v) is 2.32. The van der Waals surface area contributed by atoms with Crippen LogP contribution in [0.3, 0.4) is 0 Å². The standard InChI is InChI=1S/C14H20N2O3/c1-16(10-14(18)6-8-19-9-7-14)13(17)11-4-2-3-5-12(11)15/h2-5,18H,6-10,15H2,1H3. The van der Waals surface area contributed by atoms with E-state index in [2.05, 4.69) is 0 Å². The number of benzene rings is 1. The lowest BCUT2D eigenvalue weighted by Crippen LogP contribution is -2.47. The van der Waals surface area contributed by atoms with Gasteiger partial charge in [0.1, 0.15) is 0 Å². The van der Waals surface area contributed by atoms with Crippen molar-refractivity contribution in [3.8, 4) is 0 Å². The van der Waals surface area contributed by atoms with E-state index in [4.69, 9.17) is 10.5 Å². The molecule has 5 nitrogen and oxygen atoms in total. The number of carbonyl (C=O) groups is 1. The van der Waals surface area contributed by atoms with Gasteiger partial charge < -0.3 is 20.5 Å². The van der Waals surface area contributed by atoms with Gasteiger partial charge in [-0.3, -0.25) is 4.79 Å². The van der Waals surface area contributed by atoms with E-state index < -0.39 is 5.60 Å². The smallest absolute Gasteiger partial charge is 0.255 e. The number of likely N-dealkylation sites (N-methyl/N-ethyl adjacent to an activating group) is 1. The Morgan fingerprint density at radius 3 is 2.68 bits per heavy atom. The monoisotopic (exact) mass is 264 g/mol. The molecule has 1 fully saturated rings. The molecule has 3 N–H and O–H groups in total. The third-order valence-corrected chi connectivity index (χ3v) is 3.49. The quantitative estimate of drug-likeness (QED) is 0.795. The zero-order valence-corrected chi connectivity index (χ0v) is 11.1. The van der Waals surface area contributed by atoms with Gasteiger partial charge in [0.2, 0.25) is 0 Å². The predicted octanol–water partition coefficient (Wildman–Crippen LogP) is 0.882. The Morgan fingerprint density at radius 1 is 1.42 bits per heavy atom. The lowest BCUT2D eigenvalue weighted by molar-refractivity contribution is -0.0734. The maximum atomic E-state index is 12.3. The first-order valence-electron chi connectivity index (χ1n) is 6.42. The van der Waals surface area contributed by atoms with Gasteiger partial charge in [-0.25, -0.2) is 0 Å². The lowest BCUT2D eigenvalue weighted by Gasteiger charge is -2.35. The van der Waals surface area contributed by atoms with Crippen molar-refractivity contribution in [1.82, 2.24) is 4.90 Å². The normalized spacial score (nSPS) is 18.0. The molecule has 104 valence electrons. The summed E-state index contributed by atoms with van der Waals surface area (Å²) in [6.07, 6.45) is 1.10. The molecule has 1 amide bonds. The Labute approximate surface area is 113 Å². The minimum absolute atomic E-state index is 0.169. The first-order chi connectivity index (χ1) is 9.02. The molecule has 0 aliphatic carbocycles. The van der Waals surface area contributed by atoms with Gasteiger partial charge in [-0.1, -0.05) is 12.1 Å². The Kier molecular flexibility index (Phi) is 4.07. The molecule has 1 aliphatic rings. The zero-order chi connectivity index (χ0) is 13.9. The summed E-state index contributed by atoms with van der Waals surface area (Å²) in [6, 6.07) is 6.96. The van der Waals surface area contributed by atoms with Gasteiger partial charge >= 0.3 is 0 Å². The third kappa shape index (κ3) is 3.24. The number of hydrogen-bond acceptors (Lipinski definition) is 4. The number of ether oxygens (including phenoxy) is 1. The molecule has 5 heteroatoms. The van der Waals surface area contributed by atoms with Gasteiger partial charge in [0, 0.05) is 45.3 Å². The second kappa shape index (κ2) is 5.59. The molecular formula is C14H20N2O3. The van der Waals surface area contributed by atoms with Crippen LogP contribution in [0.15, 0.2) is 24.3 Å². The van der Waals surface area contributed by atoms with E-state index in [1.165, 1.54) is 4.90 Å². The summed E-state index contributed by atoms with van der Waals surface area (Å²) >= 11 is 0. The Morgan fingerprint density at radius 2 is 2.05 bits per heavy atom. The molecule has 1 heterocycles. The van der Waals surface area contributed by atoms with Gasteiger partial charge in [-0.2, -0.15) is 0 Å². The number of anilines is 1. The summed E-state index contributed by atoms with van der Waals surface area (Å²) in [5, 5.41) is 10.4. The van der Waals surface area contributed by atoms with E-state index in [1.807, 2.05) is 0 Å². The zero-order valence-electron chi connectivity index (χ0n) is 11.1. The average Bonchev–Trinajstić information content (AvgIpc) is 2.39. The predicted molar refractivity (Wildman–Crippen MR) is 72.8 cm³/mol. The van der Waals surface area contributed by atoms with Crippen molar-refractivity contribution < 1.29 is 14.6 Å². The fourth-order valence-electron chi connectivity index (χ4n) is 2.32. The molecule has 0 saturated carbocycles. The van der Waals surface area contributed by atoms with Crippen LogP contribution < -0.4 is 5.73 Å². The number of hydrogen-bond donors (Lipinski definition) is 2. The second-order valence-corrected chi connectivity index (χ2v) is 5.09. The van der Waals surface area contributed by atoms with Crippen LogP contribution in [0.25, 0.3) is 0 Å². The average molecular weight is 264 g/mol. The minimum Gasteiger partial charge on any atom is -0.398 e. The number of nitrogens with zero attached hydrogens (tertiary/aromatic N) is 1. The van der Waals surface area contributed by atoms with E-state index in [0.29, 0.717) is 43.9 Å². The van der Waals surface area contributed by atoms with E-state index >= 15 is 0 Å². The van der Waals surface area contributed by atoms with Crippen LogP contribution in [0.1, 0.15) is 23.2 Å². The van der Waals surface area contributed by atoms with Crippen molar-refractivity contribution in [2.24, 2.45) is 0 Å². The van der Waals surface area contributed by atoms with Crippen molar-refractivity contribution in [2.75, 3.05) is 32.5 Å². The van der Waals surface area contributed by atoms with Crippen LogP contribution in [0.5, 0.6) is 0 Å². The summed E-state index contributed by atoms with van der Waals surface area (Å²) < 4.78 is 5.23. The Balaban J connectivity index is 2.05. The molecule has 1 saturated heterocycles. The van der Waals surface area contributed by atoms with Gasteiger partial charge in [-0.15, -0.1) is 0 Å². The van der Waals surface area contributed by atoms with Crippen LogP contribution in [0, 0.1) is 0 Å². The maximum absolute atomic E-state index is 12.3. The van der Waals surface area contributed by atoms with E-state index in [1.54, 1.807) is 31.3 Å². The highest BCUT2D eigenvalue weighted by Gasteiger charge is 2.32. The first kappa shape index (κ1) is 13.8. The highest BCUT2D eigenvalue weighted by molar-refractivity contribution is 5.98. The molecule has 19 heavy (non-hydrogen) atoms. The Bertz CT molecular complexity index is 456. The van der Waals surface area contributed by atoms with Crippen molar-refractivity contribution in [3.05, 3.63) is 29.8 Å². The molecule has 0 atom stereocenters. The SMILES string of the molecule is CN(CC1(O)CCOCC1)C(=O)c1ccccc1N. The molecule has 1 aromatic carbocycles. The van der Waals surface area contributed by atoms with Gasteiger partial charge in [0.05, 0.1) is 11.2 Å². The summed E-state index contributed by atoms with van der Waals surface area (Å²) in [5.74, 6) is -0.169. The molecule has 1 aliphatic heterocycles. The minimum atomic E-state index is -0.855. The van der Waals surface area contributed by atoms with Crippen LogP contribution in [0.2, 0.25) is 0 Å². The second-order valence-electron chi connectivity index (χ2n) is 5.09. The van der Waals surface area contributed by atoms with Gasteiger partial charge in [0.25, 0.3) is 5.91 Å². The first-order valence-corrected chi connectivity index (χ1v) is 6.42. The number of rotatable bonds is 3. The van der Waals surface area contributed by atoms with Crippen LogP contribution in [-0.4, -0.2) is 48.3 Å². The van der Waals surface area contributed by atoms with Crippen molar-refractivity contribution in [3.63, 3.8) is 0 Å². The number of nitrogens with two attached hydrogens (primary N) is 1. The third-order valence-electron chi connectivity index (χ3n) is 3.49. The maximum Gasteiger partial charge on any atom is 0.255 e. The lowest BCUT2D eigenvalue weighted by atomic mass is 9.93. The molecule has 0 spiro atoms.